The van der Waals surface area contributed by atoms with E-state index in [0.717, 1.165) is 19.3 Å². The predicted octanol–water partition coefficient (Wildman–Crippen LogP) is 4.32. The van der Waals surface area contributed by atoms with E-state index in [2.05, 4.69) is 33.4 Å². The summed E-state index contributed by atoms with van der Waals surface area (Å²) in [5, 5.41) is 9.21. The maximum atomic E-state index is 9.21. The molecule has 2 heteroatoms. The monoisotopic (exact) mass is 249 g/mol. The lowest BCUT2D eigenvalue weighted by atomic mass is 9.67. The number of rotatable bonds is 6. The SMILES string of the molecule is C=CCCOC1CC(C(C)(C)CC)CCC1C#N. The van der Waals surface area contributed by atoms with Crippen molar-refractivity contribution >= 4 is 0 Å². The van der Waals surface area contributed by atoms with Crippen molar-refractivity contribution in [3.8, 4) is 6.07 Å². The van der Waals surface area contributed by atoms with Gasteiger partial charge in [0.2, 0.25) is 0 Å². The van der Waals surface area contributed by atoms with Crippen LogP contribution in [0.1, 0.15) is 52.9 Å². The Balaban J connectivity index is 2.60. The van der Waals surface area contributed by atoms with Gasteiger partial charge < -0.3 is 4.74 Å². The van der Waals surface area contributed by atoms with Gasteiger partial charge in [-0.25, -0.2) is 0 Å². The standard InChI is InChI=1S/C16H27NO/c1-5-7-10-18-15-11-14(16(3,4)6-2)9-8-13(15)12-17/h5,13-15H,1,6-11H2,2-4H3. The second-order valence-corrected chi connectivity index (χ2v) is 6.07. The first-order chi connectivity index (χ1) is 8.55. The molecule has 3 atom stereocenters. The lowest BCUT2D eigenvalue weighted by Gasteiger charge is -2.41. The van der Waals surface area contributed by atoms with Gasteiger partial charge in [-0.3, -0.25) is 0 Å². The largest absolute Gasteiger partial charge is 0.377 e. The van der Waals surface area contributed by atoms with Gasteiger partial charge in [-0.1, -0.05) is 33.3 Å². The third-order valence-electron chi connectivity index (χ3n) is 4.63. The zero-order valence-electron chi connectivity index (χ0n) is 12.1. The summed E-state index contributed by atoms with van der Waals surface area (Å²) in [5.41, 5.74) is 0.362. The third-order valence-corrected chi connectivity index (χ3v) is 4.63. The molecule has 1 fully saturated rings. The topological polar surface area (TPSA) is 33.0 Å². The molecule has 0 bridgehead atoms. The Labute approximate surface area is 112 Å². The molecule has 1 saturated carbocycles. The molecule has 0 amide bonds. The van der Waals surface area contributed by atoms with E-state index in [0.29, 0.717) is 17.9 Å². The first kappa shape index (κ1) is 15.2. The van der Waals surface area contributed by atoms with Crippen molar-refractivity contribution in [3.05, 3.63) is 12.7 Å². The minimum Gasteiger partial charge on any atom is -0.377 e. The molecular weight excluding hydrogens is 222 g/mol. The average molecular weight is 249 g/mol. The Morgan fingerprint density at radius 2 is 2.17 bits per heavy atom. The van der Waals surface area contributed by atoms with E-state index < -0.39 is 0 Å². The fourth-order valence-electron chi connectivity index (χ4n) is 2.76. The molecular formula is C16H27NO. The van der Waals surface area contributed by atoms with Gasteiger partial charge in [0.05, 0.1) is 24.7 Å². The van der Waals surface area contributed by atoms with Crippen molar-refractivity contribution in [3.63, 3.8) is 0 Å². The van der Waals surface area contributed by atoms with Crippen molar-refractivity contribution < 1.29 is 4.74 Å². The summed E-state index contributed by atoms with van der Waals surface area (Å²) in [4.78, 5) is 0. The second kappa shape index (κ2) is 6.95. The van der Waals surface area contributed by atoms with E-state index in [1.807, 2.05) is 6.08 Å². The first-order valence-corrected chi connectivity index (χ1v) is 7.17. The minimum absolute atomic E-state index is 0.0821. The summed E-state index contributed by atoms with van der Waals surface area (Å²) >= 11 is 0. The molecule has 0 saturated heterocycles. The maximum absolute atomic E-state index is 9.21. The van der Waals surface area contributed by atoms with Crippen LogP contribution in [-0.4, -0.2) is 12.7 Å². The van der Waals surface area contributed by atoms with Gasteiger partial charge in [0.1, 0.15) is 0 Å². The van der Waals surface area contributed by atoms with Crippen molar-refractivity contribution in [2.45, 2.75) is 59.0 Å². The lowest BCUT2D eigenvalue weighted by Crippen LogP contribution is -2.37. The van der Waals surface area contributed by atoms with Crippen molar-refractivity contribution in [2.24, 2.45) is 17.3 Å². The quantitative estimate of drug-likeness (QED) is 0.518. The van der Waals surface area contributed by atoms with Crippen LogP contribution in [0, 0.1) is 28.6 Å². The second-order valence-electron chi connectivity index (χ2n) is 6.07. The van der Waals surface area contributed by atoms with Gasteiger partial charge in [-0.15, -0.1) is 6.58 Å². The summed E-state index contributed by atoms with van der Waals surface area (Å²) in [5.74, 6) is 0.763. The molecule has 3 unspecified atom stereocenters. The number of ether oxygens (including phenoxy) is 1. The average Bonchev–Trinajstić information content (AvgIpc) is 2.39. The van der Waals surface area contributed by atoms with Crippen molar-refractivity contribution in [1.82, 2.24) is 0 Å². The molecule has 0 heterocycles. The zero-order chi connectivity index (χ0) is 13.6. The number of nitriles is 1. The van der Waals surface area contributed by atoms with E-state index in [1.54, 1.807) is 0 Å². The molecule has 1 aliphatic rings. The summed E-state index contributed by atoms with van der Waals surface area (Å²) < 4.78 is 5.90. The van der Waals surface area contributed by atoms with E-state index in [4.69, 9.17) is 4.74 Å². The Morgan fingerprint density at radius 3 is 2.72 bits per heavy atom. The van der Waals surface area contributed by atoms with E-state index >= 15 is 0 Å². The predicted molar refractivity (Wildman–Crippen MR) is 75.1 cm³/mol. The molecule has 0 aromatic carbocycles. The fraction of sp³-hybridized carbons (Fsp3) is 0.812. The Hall–Kier alpha value is -0.810. The Bertz CT molecular complexity index is 303. The molecule has 0 N–H and O–H groups in total. The van der Waals surface area contributed by atoms with E-state index in [1.165, 1.54) is 12.8 Å². The van der Waals surface area contributed by atoms with Crippen molar-refractivity contribution in [2.75, 3.05) is 6.61 Å². The molecule has 1 aliphatic carbocycles. The van der Waals surface area contributed by atoms with Crippen LogP contribution in [0.3, 0.4) is 0 Å². The number of hydrogen-bond acceptors (Lipinski definition) is 2. The van der Waals surface area contributed by atoms with Crippen LogP contribution in [0.4, 0.5) is 0 Å². The van der Waals surface area contributed by atoms with Gasteiger partial charge in [0, 0.05) is 0 Å². The minimum atomic E-state index is 0.0821. The molecule has 0 aromatic heterocycles. The Morgan fingerprint density at radius 1 is 1.44 bits per heavy atom. The van der Waals surface area contributed by atoms with Gasteiger partial charge in [-0.2, -0.15) is 5.26 Å². The Kier molecular flexibility index (Phi) is 5.88. The van der Waals surface area contributed by atoms with Gasteiger partial charge in [0.15, 0.2) is 0 Å². The van der Waals surface area contributed by atoms with Crippen LogP contribution < -0.4 is 0 Å². The van der Waals surface area contributed by atoms with Crippen LogP contribution in [0.25, 0.3) is 0 Å². The highest BCUT2D eigenvalue weighted by Gasteiger charge is 2.37. The maximum Gasteiger partial charge on any atom is 0.0736 e. The summed E-state index contributed by atoms with van der Waals surface area (Å²) in [6.45, 7) is 11.3. The lowest BCUT2D eigenvalue weighted by molar-refractivity contribution is -0.0295. The van der Waals surface area contributed by atoms with Gasteiger partial charge >= 0.3 is 0 Å². The van der Waals surface area contributed by atoms with Gasteiger partial charge in [-0.05, 0) is 37.0 Å². The molecule has 0 aliphatic heterocycles. The normalized spacial score (nSPS) is 28.7. The smallest absolute Gasteiger partial charge is 0.0736 e. The van der Waals surface area contributed by atoms with Crippen LogP contribution in [-0.2, 0) is 4.74 Å². The highest BCUT2D eigenvalue weighted by molar-refractivity contribution is 4.96. The molecule has 0 aromatic rings. The molecule has 1 rings (SSSR count). The van der Waals surface area contributed by atoms with Crippen LogP contribution in [0.5, 0.6) is 0 Å². The molecule has 2 nitrogen and oxygen atoms in total. The van der Waals surface area contributed by atoms with Gasteiger partial charge in [0.25, 0.3) is 0 Å². The third kappa shape index (κ3) is 3.85. The molecule has 18 heavy (non-hydrogen) atoms. The first-order valence-electron chi connectivity index (χ1n) is 7.17. The molecule has 0 spiro atoms. The highest BCUT2D eigenvalue weighted by atomic mass is 16.5. The number of nitrogens with zero attached hydrogens (tertiary/aromatic N) is 1. The van der Waals surface area contributed by atoms with Crippen molar-refractivity contribution in [1.29, 1.82) is 5.26 Å². The summed E-state index contributed by atoms with van der Waals surface area (Å²) in [6, 6.07) is 2.42. The summed E-state index contributed by atoms with van der Waals surface area (Å²) in [6.07, 6.45) is 7.25. The van der Waals surface area contributed by atoms with Crippen LogP contribution in [0.15, 0.2) is 12.7 Å². The molecule has 102 valence electrons. The van der Waals surface area contributed by atoms with Crippen LogP contribution in [0.2, 0.25) is 0 Å². The number of hydrogen-bond donors (Lipinski definition) is 0. The zero-order valence-corrected chi connectivity index (χ0v) is 12.1. The highest BCUT2D eigenvalue weighted by Crippen LogP contribution is 2.42. The summed E-state index contributed by atoms with van der Waals surface area (Å²) in [7, 11) is 0. The fourth-order valence-corrected chi connectivity index (χ4v) is 2.76. The molecule has 0 radical (unpaired) electrons. The van der Waals surface area contributed by atoms with E-state index in [9.17, 15) is 5.26 Å². The van der Waals surface area contributed by atoms with Crippen LogP contribution >= 0.6 is 0 Å². The van der Waals surface area contributed by atoms with E-state index in [-0.39, 0.29) is 12.0 Å².